The lowest BCUT2D eigenvalue weighted by Gasteiger charge is -2.11. The first-order valence-corrected chi connectivity index (χ1v) is 8.25. The molecule has 0 aliphatic heterocycles. The molecule has 1 heterocycles. The van der Waals surface area contributed by atoms with Crippen LogP contribution < -0.4 is 10.6 Å². The van der Waals surface area contributed by atoms with Crippen LogP contribution in [-0.4, -0.2) is 26.1 Å². The lowest BCUT2D eigenvalue weighted by atomic mass is 10.1. The van der Waals surface area contributed by atoms with Crippen molar-refractivity contribution in [2.45, 2.75) is 12.8 Å². The van der Waals surface area contributed by atoms with Gasteiger partial charge in [0.2, 0.25) is 0 Å². The van der Waals surface area contributed by atoms with Gasteiger partial charge in [-0.1, -0.05) is 29.8 Å². The molecule has 1 aromatic heterocycles. The van der Waals surface area contributed by atoms with Crippen LogP contribution in [0.1, 0.15) is 10.4 Å². The third-order valence-corrected chi connectivity index (χ3v) is 4.23. The molecule has 0 amide bonds. The maximum absolute atomic E-state index is 5.98. The summed E-state index contributed by atoms with van der Waals surface area (Å²) < 4.78 is 0. The molecule has 1 aromatic carbocycles. The summed E-state index contributed by atoms with van der Waals surface area (Å²) in [6.45, 7) is 1.72. The summed E-state index contributed by atoms with van der Waals surface area (Å²) in [4.78, 5) is 5.61. The monoisotopic (exact) mass is 321 g/mol. The molecule has 0 atom stereocenters. The van der Waals surface area contributed by atoms with Crippen LogP contribution in [0, 0.1) is 0 Å². The molecule has 0 unspecified atom stereocenters. The molecule has 0 radical (unpaired) electrons. The fourth-order valence-electron chi connectivity index (χ4n) is 2.00. The van der Waals surface area contributed by atoms with Crippen molar-refractivity contribution in [1.82, 2.24) is 10.6 Å². The van der Waals surface area contributed by atoms with Gasteiger partial charge in [-0.15, -0.1) is 11.3 Å². The van der Waals surface area contributed by atoms with Gasteiger partial charge in [-0.05, 0) is 42.0 Å². The predicted octanol–water partition coefficient (Wildman–Crippen LogP) is 3.35. The van der Waals surface area contributed by atoms with Gasteiger partial charge in [0, 0.05) is 30.0 Å². The van der Waals surface area contributed by atoms with Crippen LogP contribution in [0.3, 0.4) is 0 Å². The SMILES string of the molecule is CN=C(NCCc1cccc(Cl)c1)NCCc1cccs1. The Morgan fingerprint density at radius 1 is 1.14 bits per heavy atom. The van der Waals surface area contributed by atoms with Gasteiger partial charge in [0.25, 0.3) is 0 Å². The van der Waals surface area contributed by atoms with Crippen LogP contribution in [0.2, 0.25) is 5.02 Å². The Kier molecular flexibility index (Phi) is 6.57. The Morgan fingerprint density at radius 3 is 2.62 bits per heavy atom. The van der Waals surface area contributed by atoms with Crippen molar-refractivity contribution in [2.24, 2.45) is 4.99 Å². The van der Waals surface area contributed by atoms with Crippen LogP contribution in [0.5, 0.6) is 0 Å². The molecule has 2 N–H and O–H groups in total. The Hall–Kier alpha value is -1.52. The summed E-state index contributed by atoms with van der Waals surface area (Å²) in [7, 11) is 1.79. The van der Waals surface area contributed by atoms with E-state index in [0.717, 1.165) is 36.9 Å². The molecule has 3 nitrogen and oxygen atoms in total. The highest BCUT2D eigenvalue weighted by molar-refractivity contribution is 7.09. The quantitative estimate of drug-likeness (QED) is 0.632. The fourth-order valence-corrected chi connectivity index (χ4v) is 2.92. The van der Waals surface area contributed by atoms with Gasteiger partial charge < -0.3 is 10.6 Å². The summed E-state index contributed by atoms with van der Waals surface area (Å²) in [5.41, 5.74) is 1.23. The van der Waals surface area contributed by atoms with Gasteiger partial charge in [0.1, 0.15) is 0 Å². The highest BCUT2D eigenvalue weighted by Gasteiger charge is 1.99. The average Bonchev–Trinajstić information content (AvgIpc) is 2.99. The lowest BCUT2D eigenvalue weighted by molar-refractivity contribution is 0.788. The van der Waals surface area contributed by atoms with E-state index in [0.29, 0.717) is 0 Å². The maximum atomic E-state index is 5.98. The molecule has 2 aromatic rings. The number of thiophene rings is 1. The topological polar surface area (TPSA) is 36.4 Å². The molecule has 0 aliphatic rings. The van der Waals surface area contributed by atoms with Crippen LogP contribution in [0.25, 0.3) is 0 Å². The van der Waals surface area contributed by atoms with Crippen LogP contribution in [0.15, 0.2) is 46.8 Å². The minimum atomic E-state index is 0.783. The summed E-state index contributed by atoms with van der Waals surface area (Å²) in [6, 6.07) is 12.2. The van der Waals surface area contributed by atoms with Crippen molar-refractivity contribution in [1.29, 1.82) is 0 Å². The van der Waals surface area contributed by atoms with Crippen molar-refractivity contribution in [3.8, 4) is 0 Å². The molecule has 0 aliphatic carbocycles. The van der Waals surface area contributed by atoms with Gasteiger partial charge >= 0.3 is 0 Å². The largest absolute Gasteiger partial charge is 0.356 e. The number of hydrogen-bond donors (Lipinski definition) is 2. The lowest BCUT2D eigenvalue weighted by Crippen LogP contribution is -2.39. The first-order chi connectivity index (χ1) is 10.3. The summed E-state index contributed by atoms with van der Waals surface area (Å²) in [6.07, 6.45) is 1.94. The smallest absolute Gasteiger partial charge is 0.190 e. The number of rotatable bonds is 6. The molecule has 0 saturated carbocycles. The molecule has 21 heavy (non-hydrogen) atoms. The molecular formula is C16H20ClN3S. The standard InChI is InChI=1S/C16H20ClN3S/c1-18-16(20-10-8-15-6-3-11-21-15)19-9-7-13-4-2-5-14(17)12-13/h2-6,11-12H,7-10H2,1H3,(H2,18,19,20). The zero-order chi connectivity index (χ0) is 14.9. The van der Waals surface area contributed by atoms with Gasteiger partial charge in [0.15, 0.2) is 5.96 Å². The van der Waals surface area contributed by atoms with Gasteiger partial charge in [-0.3, -0.25) is 4.99 Å². The van der Waals surface area contributed by atoms with Gasteiger partial charge in [-0.2, -0.15) is 0 Å². The first kappa shape index (κ1) is 15.9. The van der Waals surface area contributed by atoms with E-state index >= 15 is 0 Å². The summed E-state index contributed by atoms with van der Waals surface area (Å²) >= 11 is 7.76. The highest BCUT2D eigenvalue weighted by Crippen LogP contribution is 2.10. The van der Waals surface area contributed by atoms with Crippen LogP contribution >= 0.6 is 22.9 Å². The highest BCUT2D eigenvalue weighted by atomic mass is 35.5. The van der Waals surface area contributed by atoms with E-state index in [-0.39, 0.29) is 0 Å². The minimum Gasteiger partial charge on any atom is -0.356 e. The van der Waals surface area contributed by atoms with Crippen molar-refractivity contribution in [3.63, 3.8) is 0 Å². The Morgan fingerprint density at radius 2 is 1.95 bits per heavy atom. The third-order valence-electron chi connectivity index (χ3n) is 3.06. The number of halogens is 1. The Balaban J connectivity index is 1.68. The third kappa shape index (κ3) is 5.78. The number of guanidine groups is 1. The van der Waals surface area contributed by atoms with Gasteiger partial charge in [0.05, 0.1) is 0 Å². The summed E-state index contributed by atoms with van der Waals surface area (Å²) in [5.74, 6) is 0.841. The molecule has 0 fully saturated rings. The Bertz CT molecular complexity index is 567. The van der Waals surface area contributed by atoms with E-state index in [1.165, 1.54) is 10.4 Å². The molecule has 5 heteroatoms. The van der Waals surface area contributed by atoms with E-state index < -0.39 is 0 Å². The molecule has 0 saturated heterocycles. The van der Waals surface area contributed by atoms with Crippen LogP contribution in [-0.2, 0) is 12.8 Å². The molecule has 0 bridgehead atoms. The predicted molar refractivity (Wildman–Crippen MR) is 92.5 cm³/mol. The molecular weight excluding hydrogens is 302 g/mol. The molecule has 0 spiro atoms. The van der Waals surface area contributed by atoms with E-state index in [1.54, 1.807) is 18.4 Å². The average molecular weight is 322 g/mol. The second kappa shape index (κ2) is 8.70. The normalized spacial score (nSPS) is 11.4. The van der Waals surface area contributed by atoms with Crippen molar-refractivity contribution in [2.75, 3.05) is 20.1 Å². The summed E-state index contributed by atoms with van der Waals surface area (Å²) in [5, 5.41) is 9.53. The van der Waals surface area contributed by atoms with Gasteiger partial charge in [-0.25, -0.2) is 0 Å². The number of benzene rings is 1. The van der Waals surface area contributed by atoms with Crippen molar-refractivity contribution in [3.05, 3.63) is 57.2 Å². The second-order valence-electron chi connectivity index (χ2n) is 4.64. The Labute approximate surface area is 135 Å². The molecule has 2 rings (SSSR count). The van der Waals surface area contributed by atoms with Crippen LogP contribution in [0.4, 0.5) is 0 Å². The van der Waals surface area contributed by atoms with E-state index in [4.69, 9.17) is 11.6 Å². The molecule has 112 valence electrons. The van der Waals surface area contributed by atoms with Crippen molar-refractivity contribution < 1.29 is 0 Å². The van der Waals surface area contributed by atoms with E-state index in [1.807, 2.05) is 18.2 Å². The zero-order valence-electron chi connectivity index (χ0n) is 12.1. The van der Waals surface area contributed by atoms with E-state index in [9.17, 15) is 0 Å². The number of hydrogen-bond acceptors (Lipinski definition) is 2. The fraction of sp³-hybridized carbons (Fsp3) is 0.312. The van der Waals surface area contributed by atoms with E-state index in [2.05, 4.69) is 39.2 Å². The minimum absolute atomic E-state index is 0.783. The maximum Gasteiger partial charge on any atom is 0.190 e. The zero-order valence-corrected chi connectivity index (χ0v) is 13.7. The second-order valence-corrected chi connectivity index (χ2v) is 6.10. The number of nitrogens with zero attached hydrogens (tertiary/aromatic N) is 1. The number of nitrogens with one attached hydrogen (secondary N) is 2. The van der Waals surface area contributed by atoms with Crippen molar-refractivity contribution >= 4 is 28.9 Å². The first-order valence-electron chi connectivity index (χ1n) is 6.99. The number of aliphatic imine (C=N–C) groups is 1.